The number of carbonyl (C=O) groups excluding carboxylic acids is 2. The predicted octanol–water partition coefficient (Wildman–Crippen LogP) is 4.09. The van der Waals surface area contributed by atoms with Gasteiger partial charge in [-0.1, -0.05) is 17.7 Å². The predicted molar refractivity (Wildman–Crippen MR) is 116 cm³/mol. The minimum Gasteiger partial charge on any atom is -0.493 e. The van der Waals surface area contributed by atoms with Gasteiger partial charge in [-0.25, -0.2) is 9.78 Å². The molecule has 3 aromatic rings. The maximum Gasteiger partial charge on any atom is 0.340 e. The Morgan fingerprint density at radius 1 is 1.03 bits per heavy atom. The summed E-state index contributed by atoms with van der Waals surface area (Å²) in [5.41, 5.74) is 1.70. The molecule has 3 rings (SSSR count). The molecule has 0 aliphatic carbocycles. The maximum absolute atomic E-state index is 12.7. The molecule has 0 atom stereocenters. The fraction of sp³-hybridized carbons (Fsp3) is 0.227. The molecule has 0 aliphatic rings. The normalized spacial score (nSPS) is 10.3. The van der Waals surface area contributed by atoms with E-state index in [0.717, 1.165) is 11.3 Å². The lowest BCUT2D eigenvalue weighted by Gasteiger charge is -2.14. The number of benzene rings is 2. The van der Waals surface area contributed by atoms with E-state index in [2.05, 4.69) is 10.3 Å². The summed E-state index contributed by atoms with van der Waals surface area (Å²) in [5.74, 6) is 0.317. The van der Waals surface area contributed by atoms with Gasteiger partial charge in [0, 0.05) is 17.5 Å². The van der Waals surface area contributed by atoms with Gasteiger partial charge >= 0.3 is 5.97 Å². The number of aryl methyl sites for hydroxylation is 1. The van der Waals surface area contributed by atoms with Gasteiger partial charge in [-0.15, -0.1) is 11.3 Å². The average molecular weight is 442 g/mol. The number of nitrogens with zero attached hydrogens (tertiary/aromatic N) is 1. The van der Waals surface area contributed by atoms with Crippen LogP contribution < -0.4 is 19.5 Å². The van der Waals surface area contributed by atoms with E-state index in [1.165, 1.54) is 44.8 Å². The van der Waals surface area contributed by atoms with E-state index in [-0.39, 0.29) is 23.6 Å². The molecule has 1 aromatic heterocycles. The number of nitrogens with one attached hydrogen (secondary N) is 1. The molecule has 0 bridgehead atoms. The standard InChI is InChI=1S/C22H22N2O6S/c1-13-5-7-14(8-6-13)30-11-20-23-17(12-31-20)21(25)24-16-10-19(28-3)18(27-2)9-15(16)22(26)29-4/h5-10,12H,11H2,1-4H3,(H,24,25). The number of hydrogen-bond acceptors (Lipinski definition) is 8. The van der Waals surface area contributed by atoms with Crippen molar-refractivity contribution in [1.29, 1.82) is 0 Å². The van der Waals surface area contributed by atoms with Crippen LogP contribution in [0.25, 0.3) is 0 Å². The van der Waals surface area contributed by atoms with Gasteiger partial charge in [-0.3, -0.25) is 4.79 Å². The Morgan fingerprint density at radius 3 is 2.35 bits per heavy atom. The fourth-order valence-electron chi connectivity index (χ4n) is 2.71. The zero-order chi connectivity index (χ0) is 22.4. The molecule has 8 nitrogen and oxygen atoms in total. The highest BCUT2D eigenvalue weighted by Gasteiger charge is 2.20. The van der Waals surface area contributed by atoms with Crippen molar-refractivity contribution < 1.29 is 28.5 Å². The van der Waals surface area contributed by atoms with E-state index >= 15 is 0 Å². The van der Waals surface area contributed by atoms with Gasteiger partial charge < -0.3 is 24.3 Å². The first-order valence-electron chi connectivity index (χ1n) is 9.24. The first-order chi connectivity index (χ1) is 14.9. The fourth-order valence-corrected chi connectivity index (χ4v) is 3.39. The number of thiazole rings is 1. The Labute approximate surface area is 183 Å². The molecule has 1 N–H and O–H groups in total. The summed E-state index contributed by atoms with van der Waals surface area (Å²) in [4.78, 5) is 29.2. The summed E-state index contributed by atoms with van der Waals surface area (Å²) in [5, 5.41) is 4.96. The lowest BCUT2D eigenvalue weighted by atomic mass is 10.1. The van der Waals surface area contributed by atoms with Crippen molar-refractivity contribution in [2.24, 2.45) is 0 Å². The van der Waals surface area contributed by atoms with E-state index in [0.29, 0.717) is 16.5 Å². The van der Waals surface area contributed by atoms with Gasteiger partial charge in [-0.2, -0.15) is 0 Å². The van der Waals surface area contributed by atoms with Crippen molar-refractivity contribution in [2.45, 2.75) is 13.5 Å². The molecule has 0 radical (unpaired) electrons. The minimum absolute atomic E-state index is 0.131. The largest absolute Gasteiger partial charge is 0.493 e. The number of ether oxygens (including phenoxy) is 4. The number of rotatable bonds is 8. The van der Waals surface area contributed by atoms with Crippen LogP contribution in [0.2, 0.25) is 0 Å². The molecule has 0 aliphatic heterocycles. The molecule has 162 valence electrons. The molecular formula is C22H22N2O6S. The van der Waals surface area contributed by atoms with Crippen molar-refractivity contribution >= 4 is 28.9 Å². The first kappa shape index (κ1) is 22.1. The monoisotopic (exact) mass is 442 g/mol. The van der Waals surface area contributed by atoms with Crippen LogP contribution in [0.3, 0.4) is 0 Å². The van der Waals surface area contributed by atoms with Crippen LogP contribution in [0.4, 0.5) is 5.69 Å². The van der Waals surface area contributed by atoms with Crippen LogP contribution in [0, 0.1) is 6.92 Å². The van der Waals surface area contributed by atoms with Gasteiger partial charge in [0.25, 0.3) is 5.91 Å². The second kappa shape index (κ2) is 9.94. The molecule has 0 spiro atoms. The van der Waals surface area contributed by atoms with Crippen molar-refractivity contribution in [3.63, 3.8) is 0 Å². The minimum atomic E-state index is -0.623. The molecular weight excluding hydrogens is 420 g/mol. The maximum atomic E-state index is 12.7. The van der Waals surface area contributed by atoms with Gasteiger partial charge in [0.1, 0.15) is 23.1 Å². The Morgan fingerprint density at radius 2 is 1.71 bits per heavy atom. The van der Waals surface area contributed by atoms with Gasteiger partial charge in [-0.05, 0) is 19.1 Å². The molecule has 2 aromatic carbocycles. The summed E-state index contributed by atoms with van der Waals surface area (Å²) < 4.78 is 21.0. The Kier molecular flexibility index (Phi) is 7.09. The number of esters is 1. The molecule has 9 heteroatoms. The van der Waals surface area contributed by atoms with Crippen LogP contribution in [-0.4, -0.2) is 38.2 Å². The molecule has 0 saturated carbocycles. The summed E-state index contributed by atoms with van der Waals surface area (Å²) in [7, 11) is 4.17. The Bertz CT molecular complexity index is 1080. The zero-order valence-corrected chi connectivity index (χ0v) is 18.4. The van der Waals surface area contributed by atoms with Crippen molar-refractivity contribution in [1.82, 2.24) is 4.98 Å². The third kappa shape index (κ3) is 5.32. The molecule has 0 unspecified atom stereocenters. The summed E-state index contributed by atoms with van der Waals surface area (Å²) in [6.45, 7) is 2.24. The average Bonchev–Trinajstić information content (AvgIpc) is 3.27. The van der Waals surface area contributed by atoms with Gasteiger partial charge in [0.15, 0.2) is 11.5 Å². The second-order valence-corrected chi connectivity index (χ2v) is 7.37. The van der Waals surface area contributed by atoms with Crippen molar-refractivity contribution in [3.05, 3.63) is 63.6 Å². The van der Waals surface area contributed by atoms with Crippen molar-refractivity contribution in [2.75, 3.05) is 26.6 Å². The third-order valence-corrected chi connectivity index (χ3v) is 5.17. The topological polar surface area (TPSA) is 96.0 Å². The van der Waals surface area contributed by atoms with E-state index < -0.39 is 11.9 Å². The summed E-state index contributed by atoms with van der Waals surface area (Å²) >= 11 is 1.31. The molecule has 31 heavy (non-hydrogen) atoms. The molecule has 1 heterocycles. The molecule has 1 amide bonds. The lowest BCUT2D eigenvalue weighted by Crippen LogP contribution is -2.16. The van der Waals surface area contributed by atoms with Gasteiger partial charge in [0.05, 0.1) is 32.6 Å². The highest BCUT2D eigenvalue weighted by molar-refractivity contribution is 7.09. The number of methoxy groups -OCH3 is 3. The van der Waals surface area contributed by atoms with Crippen LogP contribution in [-0.2, 0) is 11.3 Å². The first-order valence-corrected chi connectivity index (χ1v) is 10.1. The van der Waals surface area contributed by atoms with Crippen molar-refractivity contribution in [3.8, 4) is 17.2 Å². The van der Waals surface area contributed by atoms with E-state index in [9.17, 15) is 9.59 Å². The van der Waals surface area contributed by atoms with Crippen LogP contribution in [0.5, 0.6) is 17.2 Å². The van der Waals surface area contributed by atoms with E-state index in [1.54, 1.807) is 5.38 Å². The van der Waals surface area contributed by atoms with Crippen LogP contribution >= 0.6 is 11.3 Å². The summed E-state index contributed by atoms with van der Waals surface area (Å²) in [6.07, 6.45) is 0. The Balaban J connectivity index is 1.75. The SMILES string of the molecule is COC(=O)c1cc(OC)c(OC)cc1NC(=O)c1csc(COc2ccc(C)cc2)n1. The van der Waals surface area contributed by atoms with Crippen LogP contribution in [0.1, 0.15) is 31.4 Å². The highest BCUT2D eigenvalue weighted by Crippen LogP contribution is 2.34. The number of amides is 1. The van der Waals surface area contributed by atoms with E-state index in [4.69, 9.17) is 18.9 Å². The third-order valence-electron chi connectivity index (χ3n) is 4.34. The van der Waals surface area contributed by atoms with Gasteiger partial charge in [0.2, 0.25) is 0 Å². The number of hydrogen-bond donors (Lipinski definition) is 1. The Hall–Kier alpha value is -3.59. The smallest absolute Gasteiger partial charge is 0.340 e. The second-order valence-electron chi connectivity index (χ2n) is 6.43. The molecule has 0 saturated heterocycles. The number of carbonyl (C=O) groups is 2. The lowest BCUT2D eigenvalue weighted by molar-refractivity contribution is 0.0601. The highest BCUT2D eigenvalue weighted by atomic mass is 32.1. The number of aromatic nitrogens is 1. The summed E-state index contributed by atoms with van der Waals surface area (Å²) in [6, 6.07) is 10.6. The van der Waals surface area contributed by atoms with E-state index in [1.807, 2.05) is 31.2 Å². The molecule has 0 fully saturated rings. The number of anilines is 1. The zero-order valence-electron chi connectivity index (χ0n) is 17.6. The quantitative estimate of drug-likeness (QED) is 0.525. The van der Waals surface area contributed by atoms with Crippen LogP contribution in [0.15, 0.2) is 41.8 Å².